The molecule has 1 unspecified atom stereocenters. The van der Waals surface area contributed by atoms with Crippen molar-refractivity contribution in [1.82, 2.24) is 14.5 Å². The summed E-state index contributed by atoms with van der Waals surface area (Å²) in [6.45, 7) is 0.452. The Labute approximate surface area is 240 Å². The molecule has 212 valence electrons. The van der Waals surface area contributed by atoms with Gasteiger partial charge in [0.05, 0.1) is 22.6 Å². The summed E-state index contributed by atoms with van der Waals surface area (Å²) in [4.78, 5) is 32.1. The van der Waals surface area contributed by atoms with Crippen LogP contribution >= 0.6 is 0 Å². The van der Waals surface area contributed by atoms with Crippen molar-refractivity contribution < 1.29 is 22.8 Å². The van der Waals surface area contributed by atoms with Gasteiger partial charge < -0.3 is 10.2 Å². The highest BCUT2D eigenvalue weighted by molar-refractivity contribution is 6.05. The molecule has 1 aliphatic carbocycles. The van der Waals surface area contributed by atoms with Gasteiger partial charge >= 0.3 is 6.18 Å². The lowest BCUT2D eigenvalue weighted by Crippen LogP contribution is -2.42. The number of anilines is 1. The first kappa shape index (κ1) is 27.3. The van der Waals surface area contributed by atoms with Gasteiger partial charge in [-0.2, -0.15) is 13.2 Å². The predicted molar refractivity (Wildman–Crippen MR) is 156 cm³/mol. The molecule has 6 rings (SSSR count). The average Bonchev–Trinajstić information content (AvgIpc) is 3.55. The maximum atomic E-state index is 13.9. The highest BCUT2D eigenvalue weighted by atomic mass is 19.4. The molecule has 1 aromatic heterocycles. The minimum Gasteiger partial charge on any atom is -0.333 e. The molecule has 1 aliphatic rings. The zero-order valence-electron chi connectivity index (χ0n) is 22.7. The number of hydrogen-bond donors (Lipinski definition) is 1. The van der Waals surface area contributed by atoms with E-state index < -0.39 is 24.5 Å². The van der Waals surface area contributed by atoms with Gasteiger partial charge in [0, 0.05) is 23.4 Å². The molecule has 0 aliphatic heterocycles. The molecule has 4 aromatic carbocycles. The summed E-state index contributed by atoms with van der Waals surface area (Å²) in [6.07, 6.45) is -2.48. The summed E-state index contributed by atoms with van der Waals surface area (Å²) in [7, 11) is 0. The van der Waals surface area contributed by atoms with Crippen LogP contribution in [0.5, 0.6) is 0 Å². The summed E-state index contributed by atoms with van der Waals surface area (Å²) in [6, 6.07) is 27.2. The summed E-state index contributed by atoms with van der Waals surface area (Å²) < 4.78 is 42.4. The number of imidazole rings is 1. The van der Waals surface area contributed by atoms with Crippen LogP contribution in [0.25, 0.3) is 27.8 Å². The Morgan fingerprint density at radius 2 is 1.67 bits per heavy atom. The molecule has 0 spiro atoms. The predicted octanol–water partition coefficient (Wildman–Crippen LogP) is 7.19. The normalized spacial score (nSPS) is 14.0. The Bertz CT molecular complexity index is 1800. The van der Waals surface area contributed by atoms with Crippen LogP contribution in [0.1, 0.15) is 40.7 Å². The molecule has 5 aromatic rings. The maximum Gasteiger partial charge on any atom is 0.406 e. The van der Waals surface area contributed by atoms with E-state index in [0.29, 0.717) is 40.0 Å². The van der Waals surface area contributed by atoms with Crippen LogP contribution < -0.4 is 5.32 Å². The molecule has 1 atom stereocenters. The average molecular weight is 569 g/mol. The Hall–Kier alpha value is -4.92. The first-order valence-electron chi connectivity index (χ1n) is 13.7. The van der Waals surface area contributed by atoms with E-state index in [-0.39, 0.29) is 12.5 Å². The number of fused-ring (bicyclic) bond motifs is 4. The highest BCUT2D eigenvalue weighted by Gasteiger charge is 2.41. The van der Waals surface area contributed by atoms with Crippen LogP contribution in [-0.2, 0) is 4.79 Å². The second-order valence-corrected chi connectivity index (χ2v) is 10.3. The van der Waals surface area contributed by atoms with E-state index in [0.717, 1.165) is 21.5 Å². The van der Waals surface area contributed by atoms with E-state index in [1.165, 1.54) is 0 Å². The van der Waals surface area contributed by atoms with Crippen LogP contribution in [0.4, 0.5) is 18.9 Å². The molecule has 1 N–H and O–H groups in total. The molecule has 9 heteroatoms. The number of carbonyl (C=O) groups excluding carboxylic acids is 2. The molecule has 0 fully saturated rings. The Morgan fingerprint density at radius 3 is 2.43 bits per heavy atom. The Morgan fingerprint density at radius 1 is 0.929 bits per heavy atom. The summed E-state index contributed by atoms with van der Waals surface area (Å²) in [5, 5.41) is 2.89. The van der Waals surface area contributed by atoms with Gasteiger partial charge in [-0.05, 0) is 59.5 Å². The molecule has 2 amide bonds. The second kappa shape index (κ2) is 10.8. The smallest absolute Gasteiger partial charge is 0.333 e. The lowest BCUT2D eigenvalue weighted by molar-refractivity contribution is -0.161. The zero-order valence-corrected chi connectivity index (χ0v) is 22.7. The van der Waals surface area contributed by atoms with Gasteiger partial charge in [0.1, 0.15) is 12.9 Å². The van der Waals surface area contributed by atoms with Crippen LogP contribution in [0.3, 0.4) is 0 Å². The molecule has 6 nitrogen and oxygen atoms in total. The van der Waals surface area contributed by atoms with Crippen LogP contribution in [0, 0.1) is 0 Å². The molecule has 0 radical (unpaired) electrons. The summed E-state index contributed by atoms with van der Waals surface area (Å²) in [5.41, 5.74) is 6.06. The molecule has 42 heavy (non-hydrogen) atoms. The van der Waals surface area contributed by atoms with Crippen molar-refractivity contribution in [3.8, 4) is 16.8 Å². The van der Waals surface area contributed by atoms with Gasteiger partial charge in [-0.25, -0.2) is 4.98 Å². The van der Waals surface area contributed by atoms with Gasteiger partial charge in [-0.3, -0.25) is 14.2 Å². The fourth-order valence-electron chi connectivity index (χ4n) is 5.72. The number of nitrogens with one attached hydrogen (secondary N) is 1. The Kier molecular flexibility index (Phi) is 7.02. The summed E-state index contributed by atoms with van der Waals surface area (Å²) in [5.74, 6) is -1.73. The molecule has 1 heterocycles. The number of carbonyl (C=O) groups is 2. The standard InChI is InChI=1S/C33H27F3N4O2/c1-2-17-39(19-33(34,35)36)32(42)30-25-12-7-6-11-23(25)24-13-8-14-28(29(24)30)40-20-37-26-18-22(15-16-27(26)40)38-31(41)21-9-4-3-5-10-21/h3-16,18,20,30H,2,17,19H2,1H3,(H,38,41). The van der Waals surface area contributed by atoms with Gasteiger partial charge in [-0.15, -0.1) is 0 Å². The van der Waals surface area contributed by atoms with Crippen LogP contribution in [0.2, 0.25) is 0 Å². The molecular formula is C33H27F3N4O2. The van der Waals surface area contributed by atoms with E-state index in [4.69, 9.17) is 0 Å². The maximum absolute atomic E-state index is 13.9. The minimum atomic E-state index is -4.51. The Balaban J connectivity index is 1.42. The van der Waals surface area contributed by atoms with Crippen molar-refractivity contribution in [1.29, 1.82) is 0 Å². The lowest BCUT2D eigenvalue weighted by atomic mass is 9.93. The number of halogens is 3. The number of amides is 2. The quantitative estimate of drug-likeness (QED) is 0.226. The SMILES string of the molecule is CCCN(CC(F)(F)F)C(=O)C1c2ccccc2-c2cccc(-n3cnc4cc(NC(=O)c5ccccc5)ccc43)c21. The van der Waals surface area contributed by atoms with Gasteiger partial charge in [0.2, 0.25) is 5.91 Å². The van der Waals surface area contributed by atoms with Crippen molar-refractivity contribution in [2.45, 2.75) is 25.4 Å². The van der Waals surface area contributed by atoms with E-state index >= 15 is 0 Å². The fourth-order valence-corrected chi connectivity index (χ4v) is 5.72. The fraction of sp³-hybridized carbons (Fsp3) is 0.182. The van der Waals surface area contributed by atoms with E-state index in [1.807, 2.05) is 53.1 Å². The van der Waals surface area contributed by atoms with Crippen molar-refractivity contribution in [2.24, 2.45) is 0 Å². The third-order valence-corrected chi connectivity index (χ3v) is 7.46. The number of nitrogens with zero attached hydrogens (tertiary/aromatic N) is 3. The third-order valence-electron chi connectivity index (χ3n) is 7.46. The van der Waals surface area contributed by atoms with E-state index in [9.17, 15) is 22.8 Å². The number of alkyl halides is 3. The van der Waals surface area contributed by atoms with Crippen LogP contribution in [0.15, 0.2) is 97.3 Å². The lowest BCUT2D eigenvalue weighted by Gasteiger charge is -2.28. The van der Waals surface area contributed by atoms with Gasteiger partial charge in [0.15, 0.2) is 0 Å². The van der Waals surface area contributed by atoms with E-state index in [2.05, 4.69) is 10.3 Å². The largest absolute Gasteiger partial charge is 0.406 e. The van der Waals surface area contributed by atoms with Gasteiger partial charge in [0.25, 0.3) is 5.91 Å². The first-order valence-corrected chi connectivity index (χ1v) is 13.7. The topological polar surface area (TPSA) is 67.2 Å². The minimum absolute atomic E-state index is 0.00000498. The van der Waals surface area contributed by atoms with Crippen molar-refractivity contribution in [3.63, 3.8) is 0 Å². The van der Waals surface area contributed by atoms with Gasteiger partial charge in [-0.1, -0.05) is 61.5 Å². The molecule has 0 saturated heterocycles. The van der Waals surface area contributed by atoms with Crippen LogP contribution in [-0.4, -0.2) is 45.5 Å². The van der Waals surface area contributed by atoms with Crippen molar-refractivity contribution in [3.05, 3.63) is 114 Å². The second-order valence-electron chi connectivity index (χ2n) is 10.3. The zero-order chi connectivity index (χ0) is 29.4. The number of rotatable bonds is 7. The van der Waals surface area contributed by atoms with Crippen molar-refractivity contribution in [2.75, 3.05) is 18.4 Å². The summed E-state index contributed by atoms with van der Waals surface area (Å²) >= 11 is 0. The molecule has 0 bridgehead atoms. The molecule has 0 saturated carbocycles. The number of aromatic nitrogens is 2. The number of benzene rings is 4. The monoisotopic (exact) mass is 568 g/mol. The highest BCUT2D eigenvalue weighted by Crippen LogP contribution is 2.48. The van der Waals surface area contributed by atoms with Crippen molar-refractivity contribution >= 4 is 28.5 Å². The first-order chi connectivity index (χ1) is 20.2. The number of hydrogen-bond acceptors (Lipinski definition) is 3. The van der Waals surface area contributed by atoms with E-state index in [1.54, 1.807) is 55.7 Å². The molecular weight excluding hydrogens is 541 g/mol. The third kappa shape index (κ3) is 5.02.